The number of piperidine rings is 1. The third-order valence-electron chi connectivity index (χ3n) is 3.54. The van der Waals surface area contributed by atoms with Crippen molar-refractivity contribution in [3.05, 3.63) is 23.8 Å². The summed E-state index contributed by atoms with van der Waals surface area (Å²) in [6, 6.07) is 7.76. The first-order valence-corrected chi connectivity index (χ1v) is 6.28. The maximum absolute atomic E-state index is 8.86. The second-order valence-corrected chi connectivity index (χ2v) is 4.77. The van der Waals surface area contributed by atoms with Gasteiger partial charge >= 0.3 is 0 Å². The molecule has 0 bridgehead atoms. The standard InChI is InChI=1S/C14H19N3O/c1-18-10-11-4-6-17(7-5-11)13-3-2-12(9-15)14(16)8-13/h2-3,8,11H,4-7,10,16H2,1H3. The average Bonchev–Trinajstić information content (AvgIpc) is 2.40. The number of nitrogens with two attached hydrogens (primary N) is 1. The van der Waals surface area contributed by atoms with Gasteiger partial charge in [0.15, 0.2) is 0 Å². The molecule has 0 radical (unpaired) electrons. The topological polar surface area (TPSA) is 62.3 Å². The number of ether oxygens (including phenoxy) is 1. The zero-order valence-electron chi connectivity index (χ0n) is 10.7. The normalized spacial score (nSPS) is 16.6. The van der Waals surface area contributed by atoms with Gasteiger partial charge in [-0.1, -0.05) is 0 Å². The summed E-state index contributed by atoms with van der Waals surface area (Å²) in [5.74, 6) is 0.668. The van der Waals surface area contributed by atoms with Gasteiger partial charge in [0.1, 0.15) is 6.07 Å². The molecule has 0 aliphatic carbocycles. The van der Waals surface area contributed by atoms with E-state index in [9.17, 15) is 0 Å². The Balaban J connectivity index is 2.02. The SMILES string of the molecule is COCC1CCN(c2ccc(C#N)c(N)c2)CC1. The number of benzene rings is 1. The van der Waals surface area contributed by atoms with Gasteiger partial charge in [0, 0.05) is 32.5 Å². The van der Waals surface area contributed by atoms with Crippen molar-refractivity contribution >= 4 is 11.4 Å². The third-order valence-corrected chi connectivity index (χ3v) is 3.54. The van der Waals surface area contributed by atoms with Crippen LogP contribution in [-0.4, -0.2) is 26.8 Å². The van der Waals surface area contributed by atoms with Gasteiger partial charge in [0.05, 0.1) is 11.3 Å². The Labute approximate surface area is 108 Å². The summed E-state index contributed by atoms with van der Waals surface area (Å²) >= 11 is 0. The maximum atomic E-state index is 8.86. The molecule has 0 aromatic heterocycles. The van der Waals surface area contributed by atoms with E-state index in [0.717, 1.165) is 38.2 Å². The van der Waals surface area contributed by atoms with Gasteiger partial charge in [-0.25, -0.2) is 0 Å². The molecule has 2 rings (SSSR count). The molecule has 1 saturated heterocycles. The van der Waals surface area contributed by atoms with Crippen LogP contribution >= 0.6 is 0 Å². The smallest absolute Gasteiger partial charge is 0.101 e. The predicted molar refractivity (Wildman–Crippen MR) is 72.4 cm³/mol. The van der Waals surface area contributed by atoms with E-state index >= 15 is 0 Å². The van der Waals surface area contributed by atoms with Gasteiger partial charge in [-0.15, -0.1) is 0 Å². The molecule has 4 nitrogen and oxygen atoms in total. The van der Waals surface area contributed by atoms with Crippen molar-refractivity contribution in [1.29, 1.82) is 5.26 Å². The summed E-state index contributed by atoms with van der Waals surface area (Å²) in [4.78, 5) is 2.32. The molecule has 0 amide bonds. The van der Waals surface area contributed by atoms with E-state index in [2.05, 4.69) is 11.0 Å². The molecule has 0 unspecified atom stereocenters. The van der Waals surface area contributed by atoms with Gasteiger partial charge in [-0.2, -0.15) is 5.26 Å². The van der Waals surface area contributed by atoms with Crippen LogP contribution in [0.2, 0.25) is 0 Å². The van der Waals surface area contributed by atoms with E-state index in [0.29, 0.717) is 17.2 Å². The van der Waals surface area contributed by atoms with Crippen LogP contribution in [0.15, 0.2) is 18.2 Å². The van der Waals surface area contributed by atoms with Crippen molar-refractivity contribution in [2.24, 2.45) is 5.92 Å². The Kier molecular flexibility index (Phi) is 4.06. The van der Waals surface area contributed by atoms with Crippen LogP contribution in [0.4, 0.5) is 11.4 Å². The van der Waals surface area contributed by atoms with Gasteiger partial charge in [0.2, 0.25) is 0 Å². The van der Waals surface area contributed by atoms with Gasteiger partial charge in [0.25, 0.3) is 0 Å². The number of nitriles is 1. The second kappa shape index (κ2) is 5.74. The van der Waals surface area contributed by atoms with Crippen LogP contribution in [0.5, 0.6) is 0 Å². The zero-order valence-corrected chi connectivity index (χ0v) is 10.7. The Morgan fingerprint density at radius 1 is 1.44 bits per heavy atom. The minimum atomic E-state index is 0.549. The van der Waals surface area contributed by atoms with Crippen LogP contribution in [0.1, 0.15) is 18.4 Å². The van der Waals surface area contributed by atoms with Gasteiger partial charge < -0.3 is 15.4 Å². The fourth-order valence-electron chi connectivity index (χ4n) is 2.44. The third kappa shape index (κ3) is 2.74. The number of anilines is 2. The number of nitrogens with zero attached hydrogens (tertiary/aromatic N) is 2. The van der Waals surface area contributed by atoms with Crippen LogP contribution in [0, 0.1) is 17.2 Å². The Bertz CT molecular complexity index is 445. The van der Waals surface area contributed by atoms with Gasteiger partial charge in [-0.3, -0.25) is 0 Å². The quantitative estimate of drug-likeness (QED) is 0.827. The molecule has 18 heavy (non-hydrogen) atoms. The molecule has 0 atom stereocenters. The first kappa shape index (κ1) is 12.7. The molecule has 1 aromatic carbocycles. The highest BCUT2D eigenvalue weighted by atomic mass is 16.5. The molecule has 4 heteroatoms. The Hall–Kier alpha value is -1.73. The average molecular weight is 245 g/mol. The van der Waals surface area contributed by atoms with Crippen molar-refractivity contribution in [3.63, 3.8) is 0 Å². The fraction of sp³-hybridized carbons (Fsp3) is 0.500. The minimum absolute atomic E-state index is 0.549. The van der Waals surface area contributed by atoms with E-state index in [4.69, 9.17) is 15.7 Å². The molecule has 96 valence electrons. The van der Waals surface area contributed by atoms with Crippen molar-refractivity contribution in [2.45, 2.75) is 12.8 Å². The Morgan fingerprint density at radius 3 is 2.72 bits per heavy atom. The minimum Gasteiger partial charge on any atom is -0.398 e. The zero-order chi connectivity index (χ0) is 13.0. The summed E-state index contributed by atoms with van der Waals surface area (Å²) < 4.78 is 5.20. The van der Waals surface area contributed by atoms with Crippen molar-refractivity contribution in [1.82, 2.24) is 0 Å². The van der Waals surface area contributed by atoms with E-state index in [1.807, 2.05) is 12.1 Å². The number of methoxy groups -OCH3 is 1. The van der Waals surface area contributed by atoms with Crippen LogP contribution in [0.3, 0.4) is 0 Å². The first-order chi connectivity index (χ1) is 8.74. The number of hydrogen-bond donors (Lipinski definition) is 1. The van der Waals surface area contributed by atoms with Crippen LogP contribution < -0.4 is 10.6 Å². The van der Waals surface area contributed by atoms with Crippen molar-refractivity contribution in [2.75, 3.05) is 37.4 Å². The summed E-state index contributed by atoms with van der Waals surface area (Å²) in [5.41, 5.74) is 8.07. The van der Waals surface area contributed by atoms with Crippen LogP contribution in [-0.2, 0) is 4.74 Å². The summed E-state index contributed by atoms with van der Waals surface area (Å²) in [6.07, 6.45) is 2.29. The lowest BCUT2D eigenvalue weighted by molar-refractivity contribution is 0.139. The highest BCUT2D eigenvalue weighted by Crippen LogP contribution is 2.26. The number of nitrogen functional groups attached to an aromatic ring is 1. The summed E-state index contributed by atoms with van der Waals surface area (Å²) in [7, 11) is 1.76. The first-order valence-electron chi connectivity index (χ1n) is 6.28. The van der Waals surface area contributed by atoms with Crippen molar-refractivity contribution < 1.29 is 4.74 Å². The van der Waals surface area contributed by atoms with E-state index in [1.165, 1.54) is 0 Å². The summed E-state index contributed by atoms with van der Waals surface area (Å²) in [5, 5.41) is 8.86. The molecule has 1 heterocycles. The molecular formula is C14H19N3O. The number of hydrogen-bond acceptors (Lipinski definition) is 4. The molecular weight excluding hydrogens is 226 g/mol. The largest absolute Gasteiger partial charge is 0.398 e. The Morgan fingerprint density at radius 2 is 2.17 bits per heavy atom. The molecule has 0 spiro atoms. The molecule has 1 aliphatic heterocycles. The molecule has 1 fully saturated rings. The fourth-order valence-corrected chi connectivity index (χ4v) is 2.44. The second-order valence-electron chi connectivity index (χ2n) is 4.77. The molecule has 0 saturated carbocycles. The van der Waals surface area contributed by atoms with E-state index < -0.39 is 0 Å². The highest BCUT2D eigenvalue weighted by molar-refractivity contribution is 5.63. The molecule has 1 aliphatic rings. The summed E-state index contributed by atoms with van der Waals surface area (Å²) in [6.45, 7) is 2.90. The van der Waals surface area contributed by atoms with Crippen LogP contribution in [0.25, 0.3) is 0 Å². The predicted octanol–water partition coefficient (Wildman–Crippen LogP) is 2.00. The van der Waals surface area contributed by atoms with E-state index in [1.54, 1.807) is 13.2 Å². The van der Waals surface area contributed by atoms with Gasteiger partial charge in [-0.05, 0) is 37.0 Å². The maximum Gasteiger partial charge on any atom is 0.101 e. The monoisotopic (exact) mass is 245 g/mol. The lowest BCUT2D eigenvalue weighted by Crippen LogP contribution is -2.35. The highest BCUT2D eigenvalue weighted by Gasteiger charge is 2.19. The molecule has 1 aromatic rings. The lowest BCUT2D eigenvalue weighted by atomic mass is 9.97. The number of rotatable bonds is 3. The van der Waals surface area contributed by atoms with Crippen molar-refractivity contribution in [3.8, 4) is 6.07 Å². The lowest BCUT2D eigenvalue weighted by Gasteiger charge is -2.33. The van der Waals surface area contributed by atoms with E-state index in [-0.39, 0.29) is 0 Å². The molecule has 2 N–H and O–H groups in total.